The van der Waals surface area contributed by atoms with Crippen LogP contribution in [-0.4, -0.2) is 23.2 Å². The SMILES string of the molecule is Cl.NCCSc1nc(C(=O)Nc2cc3cc(F)ccc3s2)cs1. The van der Waals surface area contributed by atoms with Gasteiger partial charge in [0.2, 0.25) is 0 Å². The number of nitrogens with one attached hydrogen (secondary N) is 1. The predicted molar refractivity (Wildman–Crippen MR) is 98.9 cm³/mol. The number of thioether (sulfide) groups is 1. The first-order valence-electron chi connectivity index (χ1n) is 6.44. The summed E-state index contributed by atoms with van der Waals surface area (Å²) in [6, 6.07) is 6.32. The molecule has 9 heteroatoms. The number of hydrogen-bond acceptors (Lipinski definition) is 6. The zero-order valence-corrected chi connectivity index (χ0v) is 15.0. The van der Waals surface area contributed by atoms with Crippen molar-refractivity contribution in [3.63, 3.8) is 0 Å². The second kappa shape index (κ2) is 8.07. The molecule has 0 aliphatic rings. The van der Waals surface area contributed by atoms with E-state index >= 15 is 0 Å². The van der Waals surface area contributed by atoms with Gasteiger partial charge in [0, 0.05) is 22.4 Å². The van der Waals surface area contributed by atoms with Crippen molar-refractivity contribution in [3.8, 4) is 0 Å². The summed E-state index contributed by atoms with van der Waals surface area (Å²) >= 11 is 4.36. The molecule has 3 aromatic rings. The molecule has 4 nitrogen and oxygen atoms in total. The van der Waals surface area contributed by atoms with Crippen LogP contribution >= 0.6 is 46.8 Å². The molecule has 3 N–H and O–H groups in total. The number of hydrogen-bond donors (Lipinski definition) is 2. The number of carbonyl (C=O) groups is 1. The molecule has 0 aliphatic carbocycles. The molecule has 23 heavy (non-hydrogen) atoms. The van der Waals surface area contributed by atoms with Gasteiger partial charge in [0.15, 0.2) is 4.34 Å². The van der Waals surface area contributed by atoms with Gasteiger partial charge in [-0.3, -0.25) is 4.79 Å². The van der Waals surface area contributed by atoms with Crippen molar-refractivity contribution in [1.29, 1.82) is 0 Å². The van der Waals surface area contributed by atoms with Crippen molar-refractivity contribution in [2.45, 2.75) is 4.34 Å². The second-order valence-corrected chi connectivity index (χ2v) is 7.67. The Kier molecular flexibility index (Phi) is 6.37. The Morgan fingerprint density at radius 2 is 2.22 bits per heavy atom. The average molecular weight is 390 g/mol. The molecule has 1 aromatic carbocycles. The summed E-state index contributed by atoms with van der Waals surface area (Å²) < 4.78 is 14.9. The minimum atomic E-state index is -0.288. The van der Waals surface area contributed by atoms with Crippen LogP contribution < -0.4 is 11.1 Å². The summed E-state index contributed by atoms with van der Waals surface area (Å²) in [6.45, 7) is 0.574. The lowest BCUT2D eigenvalue weighted by Gasteiger charge is -1.98. The molecule has 2 aromatic heterocycles. The zero-order chi connectivity index (χ0) is 15.5. The third-order valence-electron chi connectivity index (χ3n) is 2.77. The minimum Gasteiger partial charge on any atom is -0.330 e. The number of carbonyl (C=O) groups excluding carboxylic acids is 1. The summed E-state index contributed by atoms with van der Waals surface area (Å²) in [6.07, 6.45) is 0. The van der Waals surface area contributed by atoms with E-state index in [1.165, 1.54) is 46.6 Å². The van der Waals surface area contributed by atoms with Gasteiger partial charge in [-0.2, -0.15) is 0 Å². The first-order valence-corrected chi connectivity index (χ1v) is 9.13. The summed E-state index contributed by atoms with van der Waals surface area (Å²) in [4.78, 5) is 16.4. The maximum absolute atomic E-state index is 13.2. The van der Waals surface area contributed by atoms with Crippen molar-refractivity contribution in [3.05, 3.63) is 41.2 Å². The Balaban J connectivity index is 0.00000192. The zero-order valence-electron chi connectivity index (χ0n) is 11.7. The van der Waals surface area contributed by atoms with Crippen LogP contribution in [0.2, 0.25) is 0 Å². The molecule has 122 valence electrons. The molecular formula is C14H13ClFN3OS3. The molecule has 0 radical (unpaired) electrons. The maximum Gasteiger partial charge on any atom is 0.275 e. The molecule has 0 bridgehead atoms. The highest BCUT2D eigenvalue weighted by Crippen LogP contribution is 2.30. The van der Waals surface area contributed by atoms with E-state index in [1.807, 2.05) is 0 Å². The van der Waals surface area contributed by atoms with Crippen LogP contribution in [0.3, 0.4) is 0 Å². The fourth-order valence-corrected chi connectivity index (χ4v) is 4.41. The van der Waals surface area contributed by atoms with Crippen molar-refractivity contribution in [2.75, 3.05) is 17.6 Å². The largest absolute Gasteiger partial charge is 0.330 e. The Morgan fingerprint density at radius 1 is 1.39 bits per heavy atom. The highest BCUT2D eigenvalue weighted by Gasteiger charge is 2.13. The van der Waals surface area contributed by atoms with Crippen LogP contribution in [0.4, 0.5) is 9.39 Å². The molecule has 0 saturated heterocycles. The topological polar surface area (TPSA) is 68.0 Å². The van der Waals surface area contributed by atoms with Crippen LogP contribution in [-0.2, 0) is 0 Å². The van der Waals surface area contributed by atoms with E-state index in [1.54, 1.807) is 17.5 Å². The molecule has 0 unspecified atom stereocenters. The number of fused-ring (bicyclic) bond motifs is 1. The molecular weight excluding hydrogens is 377 g/mol. The number of amides is 1. The normalized spacial score (nSPS) is 10.5. The van der Waals surface area contributed by atoms with Gasteiger partial charge >= 0.3 is 0 Å². The maximum atomic E-state index is 13.2. The summed E-state index contributed by atoms with van der Waals surface area (Å²) in [5, 5.41) is 5.98. The lowest BCUT2D eigenvalue weighted by Crippen LogP contribution is -2.11. The van der Waals surface area contributed by atoms with Crippen molar-refractivity contribution >= 4 is 67.8 Å². The number of thiophene rings is 1. The Labute approximate surface area is 150 Å². The molecule has 2 heterocycles. The second-order valence-electron chi connectivity index (χ2n) is 4.38. The number of anilines is 1. The van der Waals surface area contributed by atoms with Gasteiger partial charge in [-0.1, -0.05) is 11.8 Å². The lowest BCUT2D eigenvalue weighted by atomic mass is 10.2. The van der Waals surface area contributed by atoms with Crippen LogP contribution in [0, 0.1) is 5.82 Å². The highest BCUT2D eigenvalue weighted by atomic mass is 35.5. The van der Waals surface area contributed by atoms with E-state index in [2.05, 4.69) is 10.3 Å². The fourth-order valence-electron chi connectivity index (χ4n) is 1.83. The van der Waals surface area contributed by atoms with Crippen molar-refractivity contribution in [1.82, 2.24) is 4.98 Å². The van der Waals surface area contributed by atoms with Gasteiger partial charge in [-0.25, -0.2) is 9.37 Å². The van der Waals surface area contributed by atoms with Crippen LogP contribution in [0.25, 0.3) is 10.1 Å². The monoisotopic (exact) mass is 389 g/mol. The van der Waals surface area contributed by atoms with Crippen LogP contribution in [0.1, 0.15) is 10.5 Å². The van der Waals surface area contributed by atoms with Crippen molar-refractivity contribution in [2.24, 2.45) is 5.73 Å². The predicted octanol–water partition coefficient (Wildman–Crippen LogP) is 4.22. The highest BCUT2D eigenvalue weighted by molar-refractivity contribution is 8.01. The Bertz CT molecular complexity index is 821. The first kappa shape index (κ1) is 18.2. The Hall–Kier alpha value is -1.19. The van der Waals surface area contributed by atoms with Gasteiger partial charge in [-0.05, 0) is 29.7 Å². The quantitative estimate of drug-likeness (QED) is 0.641. The van der Waals surface area contributed by atoms with Crippen molar-refractivity contribution < 1.29 is 9.18 Å². The van der Waals surface area contributed by atoms with Crippen LogP contribution in [0.15, 0.2) is 34.0 Å². The minimum absolute atomic E-state index is 0. The summed E-state index contributed by atoms with van der Waals surface area (Å²) in [5.74, 6) is 0.225. The van der Waals surface area contributed by atoms with E-state index in [0.717, 1.165) is 20.2 Å². The third-order valence-corrected chi connectivity index (χ3v) is 5.86. The van der Waals surface area contributed by atoms with Gasteiger partial charge in [0.1, 0.15) is 11.5 Å². The Morgan fingerprint density at radius 3 is 3.00 bits per heavy atom. The molecule has 0 fully saturated rings. The van der Waals surface area contributed by atoms with E-state index in [0.29, 0.717) is 17.2 Å². The number of benzene rings is 1. The molecule has 3 rings (SSSR count). The smallest absolute Gasteiger partial charge is 0.275 e. The van der Waals surface area contributed by atoms with Gasteiger partial charge in [0.05, 0.1) is 5.00 Å². The van der Waals surface area contributed by atoms with E-state index in [9.17, 15) is 9.18 Å². The number of nitrogens with two attached hydrogens (primary N) is 1. The van der Waals surface area contributed by atoms with E-state index in [4.69, 9.17) is 5.73 Å². The third kappa shape index (κ3) is 4.42. The van der Waals surface area contributed by atoms with Gasteiger partial charge < -0.3 is 11.1 Å². The fraction of sp³-hybridized carbons (Fsp3) is 0.143. The van der Waals surface area contributed by atoms with E-state index < -0.39 is 0 Å². The molecule has 0 spiro atoms. The number of rotatable bonds is 5. The van der Waals surface area contributed by atoms with Gasteiger partial charge in [0.25, 0.3) is 5.91 Å². The number of nitrogens with zero attached hydrogens (tertiary/aromatic N) is 1. The molecule has 0 saturated carbocycles. The first-order chi connectivity index (χ1) is 10.7. The summed E-state index contributed by atoms with van der Waals surface area (Å²) in [7, 11) is 0. The molecule has 0 aliphatic heterocycles. The number of aromatic nitrogens is 1. The average Bonchev–Trinajstić information content (AvgIpc) is 3.10. The number of thiazole rings is 1. The number of halogens is 2. The lowest BCUT2D eigenvalue weighted by molar-refractivity contribution is 0.102. The van der Waals surface area contributed by atoms with Gasteiger partial charge in [-0.15, -0.1) is 35.1 Å². The molecule has 1 amide bonds. The summed E-state index contributed by atoms with van der Waals surface area (Å²) in [5.41, 5.74) is 5.83. The van der Waals surface area contributed by atoms with Crippen LogP contribution in [0.5, 0.6) is 0 Å². The molecule has 0 atom stereocenters. The standard InChI is InChI=1S/C14H12FN3OS3.ClH/c15-9-1-2-11-8(5-9)6-12(22-11)18-13(19)10-7-21-14(17-10)20-4-3-16;/h1-2,5-7H,3-4,16H2,(H,18,19);1H. The van der Waals surface area contributed by atoms with E-state index in [-0.39, 0.29) is 24.1 Å².